The van der Waals surface area contributed by atoms with E-state index in [1.54, 1.807) is 29.0 Å². The number of unbranched alkanes of at least 4 members (excludes halogenated alkanes) is 1. The van der Waals surface area contributed by atoms with E-state index in [0.29, 0.717) is 28.1 Å². The summed E-state index contributed by atoms with van der Waals surface area (Å²) in [6, 6.07) is 12.6. The Bertz CT molecular complexity index is 1260. The first-order valence-corrected chi connectivity index (χ1v) is 10.7. The van der Waals surface area contributed by atoms with E-state index in [1.807, 2.05) is 23.6 Å². The van der Waals surface area contributed by atoms with E-state index in [9.17, 15) is 5.26 Å². The Morgan fingerprint density at radius 1 is 1.20 bits per heavy atom. The van der Waals surface area contributed by atoms with Crippen molar-refractivity contribution >= 4 is 27.1 Å². The highest BCUT2D eigenvalue weighted by atomic mass is 79.9. The van der Waals surface area contributed by atoms with Crippen LogP contribution in [0, 0.1) is 24.1 Å². The van der Waals surface area contributed by atoms with Crippen molar-refractivity contribution in [3.05, 3.63) is 75.7 Å². The van der Waals surface area contributed by atoms with Crippen LogP contribution in [0.1, 0.15) is 42.4 Å². The van der Waals surface area contributed by atoms with Gasteiger partial charge < -0.3 is 4.57 Å². The average molecular weight is 466 g/mol. The molecule has 5 nitrogen and oxygen atoms in total. The standard InChI is InChI=1S/C23H21BrFN5/c1-3-4-5-21-28-22-15(2)10-11-27-23(22)29(21)14-16-6-7-17(12-19(16)25)30-18(13-26)8-9-20(30)24/h6-12H,3-5,14H2,1-2H3. The van der Waals surface area contributed by atoms with Gasteiger partial charge in [-0.2, -0.15) is 5.26 Å². The van der Waals surface area contributed by atoms with E-state index in [1.165, 1.54) is 6.07 Å². The number of nitrogens with zero attached hydrogens (tertiary/aromatic N) is 5. The highest BCUT2D eigenvalue weighted by Gasteiger charge is 2.16. The molecule has 0 saturated carbocycles. The number of rotatable bonds is 6. The van der Waals surface area contributed by atoms with Crippen molar-refractivity contribution in [3.8, 4) is 11.8 Å². The van der Waals surface area contributed by atoms with Crippen molar-refractivity contribution < 1.29 is 4.39 Å². The number of hydrogen-bond donors (Lipinski definition) is 0. The zero-order valence-electron chi connectivity index (χ0n) is 16.9. The molecule has 4 rings (SSSR count). The molecule has 0 aliphatic heterocycles. The molecule has 3 heterocycles. The van der Waals surface area contributed by atoms with Gasteiger partial charge in [-0.25, -0.2) is 14.4 Å². The summed E-state index contributed by atoms with van der Waals surface area (Å²) >= 11 is 3.42. The Hall–Kier alpha value is -2.98. The first-order valence-electron chi connectivity index (χ1n) is 9.90. The highest BCUT2D eigenvalue weighted by Crippen LogP contribution is 2.25. The lowest BCUT2D eigenvalue weighted by molar-refractivity contribution is 0.593. The maximum atomic E-state index is 15.1. The first-order chi connectivity index (χ1) is 14.5. The largest absolute Gasteiger partial charge is 0.308 e. The topological polar surface area (TPSA) is 59.4 Å². The Morgan fingerprint density at radius 2 is 2.03 bits per heavy atom. The minimum atomic E-state index is -0.326. The number of hydrogen-bond acceptors (Lipinski definition) is 3. The van der Waals surface area contributed by atoms with Gasteiger partial charge in [0, 0.05) is 18.2 Å². The second kappa shape index (κ2) is 8.41. The Labute approximate surface area is 182 Å². The van der Waals surface area contributed by atoms with Gasteiger partial charge in [0.25, 0.3) is 0 Å². The maximum absolute atomic E-state index is 15.1. The molecule has 0 aliphatic rings. The Balaban J connectivity index is 1.75. The van der Waals surface area contributed by atoms with Crippen LogP contribution in [0.15, 0.2) is 47.2 Å². The molecule has 3 aromatic heterocycles. The van der Waals surface area contributed by atoms with E-state index in [4.69, 9.17) is 4.98 Å². The van der Waals surface area contributed by atoms with E-state index < -0.39 is 0 Å². The molecule has 0 bridgehead atoms. The van der Waals surface area contributed by atoms with Crippen LogP contribution >= 0.6 is 15.9 Å². The molecule has 0 amide bonds. The Kier molecular flexibility index (Phi) is 5.69. The molecular weight excluding hydrogens is 445 g/mol. The summed E-state index contributed by atoms with van der Waals surface area (Å²) in [7, 11) is 0. The Morgan fingerprint density at radius 3 is 2.77 bits per heavy atom. The summed E-state index contributed by atoms with van der Waals surface area (Å²) in [5, 5.41) is 9.31. The second-order valence-electron chi connectivity index (χ2n) is 7.28. The number of benzene rings is 1. The van der Waals surface area contributed by atoms with Crippen LogP contribution in [0.3, 0.4) is 0 Å². The zero-order chi connectivity index (χ0) is 21.3. The summed E-state index contributed by atoms with van der Waals surface area (Å²) in [6.07, 6.45) is 4.67. The van der Waals surface area contributed by atoms with Crippen LogP contribution < -0.4 is 0 Å². The maximum Gasteiger partial charge on any atom is 0.160 e. The molecule has 30 heavy (non-hydrogen) atoms. The lowest BCUT2D eigenvalue weighted by atomic mass is 10.1. The van der Waals surface area contributed by atoms with E-state index in [0.717, 1.165) is 41.8 Å². The summed E-state index contributed by atoms with van der Waals surface area (Å²) < 4.78 is 19.5. The quantitative estimate of drug-likeness (QED) is 0.367. The number of fused-ring (bicyclic) bond motifs is 1. The minimum absolute atomic E-state index is 0.326. The molecule has 7 heteroatoms. The second-order valence-corrected chi connectivity index (χ2v) is 8.09. The zero-order valence-corrected chi connectivity index (χ0v) is 18.4. The van der Waals surface area contributed by atoms with Crippen LogP contribution in [0.25, 0.3) is 16.9 Å². The van der Waals surface area contributed by atoms with Crippen LogP contribution in [0.2, 0.25) is 0 Å². The fourth-order valence-electron chi connectivity index (χ4n) is 3.61. The van der Waals surface area contributed by atoms with Gasteiger partial charge in [0.15, 0.2) is 5.65 Å². The molecule has 0 fully saturated rings. The van der Waals surface area contributed by atoms with Crippen molar-refractivity contribution in [2.75, 3.05) is 0 Å². The van der Waals surface area contributed by atoms with E-state index >= 15 is 4.39 Å². The third kappa shape index (κ3) is 3.63. The smallest absolute Gasteiger partial charge is 0.160 e. The van der Waals surface area contributed by atoms with Crippen molar-refractivity contribution in [1.29, 1.82) is 5.26 Å². The molecule has 0 spiro atoms. The monoisotopic (exact) mass is 465 g/mol. The molecule has 0 N–H and O–H groups in total. The van der Waals surface area contributed by atoms with E-state index in [2.05, 4.69) is 33.9 Å². The molecule has 0 saturated heterocycles. The first kappa shape index (κ1) is 20.3. The van der Waals surface area contributed by atoms with Gasteiger partial charge in [-0.3, -0.25) is 4.57 Å². The van der Waals surface area contributed by atoms with Crippen molar-refractivity contribution in [3.63, 3.8) is 0 Å². The van der Waals surface area contributed by atoms with Gasteiger partial charge in [0.1, 0.15) is 28.9 Å². The fraction of sp³-hybridized carbons (Fsp3) is 0.261. The molecule has 0 aliphatic carbocycles. The van der Waals surface area contributed by atoms with Gasteiger partial charge in [-0.05, 0) is 65.2 Å². The summed E-state index contributed by atoms with van der Waals surface area (Å²) in [5.41, 5.74) is 4.31. The van der Waals surface area contributed by atoms with Crippen molar-refractivity contribution in [1.82, 2.24) is 19.1 Å². The lowest BCUT2D eigenvalue weighted by Gasteiger charge is -2.12. The summed E-state index contributed by atoms with van der Waals surface area (Å²) in [6.45, 7) is 4.52. The highest BCUT2D eigenvalue weighted by molar-refractivity contribution is 9.10. The summed E-state index contributed by atoms with van der Waals surface area (Å²) in [5.74, 6) is 0.602. The van der Waals surface area contributed by atoms with Gasteiger partial charge in [0.05, 0.1) is 16.8 Å². The summed E-state index contributed by atoms with van der Waals surface area (Å²) in [4.78, 5) is 9.32. The predicted octanol–water partition coefficient (Wildman–Crippen LogP) is 5.69. The number of nitriles is 1. The van der Waals surface area contributed by atoms with Crippen molar-refractivity contribution in [2.45, 2.75) is 39.7 Å². The SMILES string of the molecule is CCCCc1nc2c(C)ccnc2n1Cc1ccc(-n2c(Br)ccc2C#N)cc1F. The number of imidazole rings is 1. The van der Waals surface area contributed by atoms with Crippen LogP contribution in [-0.4, -0.2) is 19.1 Å². The normalized spacial score (nSPS) is 11.2. The van der Waals surface area contributed by atoms with Crippen LogP contribution in [-0.2, 0) is 13.0 Å². The molecule has 0 radical (unpaired) electrons. The molecule has 1 aromatic carbocycles. The minimum Gasteiger partial charge on any atom is -0.308 e. The van der Waals surface area contributed by atoms with Crippen LogP contribution in [0.4, 0.5) is 4.39 Å². The van der Waals surface area contributed by atoms with E-state index in [-0.39, 0.29) is 5.82 Å². The van der Waals surface area contributed by atoms with Gasteiger partial charge in [0.2, 0.25) is 0 Å². The average Bonchev–Trinajstić information content (AvgIpc) is 3.29. The van der Waals surface area contributed by atoms with Gasteiger partial charge >= 0.3 is 0 Å². The molecule has 152 valence electrons. The predicted molar refractivity (Wildman–Crippen MR) is 118 cm³/mol. The van der Waals surface area contributed by atoms with Gasteiger partial charge in [-0.15, -0.1) is 0 Å². The molecule has 0 unspecified atom stereocenters. The lowest BCUT2D eigenvalue weighted by Crippen LogP contribution is -2.08. The molecular formula is C23H21BrFN5. The number of aromatic nitrogens is 4. The third-order valence-corrected chi connectivity index (χ3v) is 5.86. The van der Waals surface area contributed by atoms with Crippen LogP contribution in [0.5, 0.6) is 0 Å². The molecule has 4 aromatic rings. The van der Waals surface area contributed by atoms with Crippen molar-refractivity contribution in [2.24, 2.45) is 0 Å². The number of aryl methyl sites for hydroxylation is 2. The fourth-order valence-corrected chi connectivity index (χ4v) is 4.14. The number of pyridine rings is 1. The molecule has 0 atom stereocenters. The number of halogens is 2. The third-order valence-electron chi connectivity index (χ3n) is 5.24. The van der Waals surface area contributed by atoms with Gasteiger partial charge in [-0.1, -0.05) is 19.4 Å².